The van der Waals surface area contributed by atoms with E-state index in [-0.39, 0.29) is 11.9 Å². The summed E-state index contributed by atoms with van der Waals surface area (Å²) in [6.07, 6.45) is 2.71. The van der Waals surface area contributed by atoms with Crippen LogP contribution < -0.4 is 16.0 Å². The zero-order chi connectivity index (χ0) is 19.7. The topological polar surface area (TPSA) is 83.1 Å². The van der Waals surface area contributed by atoms with Gasteiger partial charge in [-0.05, 0) is 47.9 Å². The third-order valence-corrected chi connectivity index (χ3v) is 4.58. The first-order chi connectivity index (χ1) is 13.5. The van der Waals surface area contributed by atoms with Gasteiger partial charge in [0.05, 0.1) is 6.20 Å². The molecule has 0 saturated heterocycles. The molecule has 0 unspecified atom stereocenters. The summed E-state index contributed by atoms with van der Waals surface area (Å²) >= 11 is 0. The average molecular weight is 376 g/mol. The second kappa shape index (κ2) is 7.11. The van der Waals surface area contributed by atoms with Crippen LogP contribution >= 0.6 is 0 Å². The molecule has 3 aromatic rings. The van der Waals surface area contributed by atoms with Crippen LogP contribution in [0.3, 0.4) is 0 Å². The lowest BCUT2D eigenvalue weighted by Crippen LogP contribution is -2.33. The van der Waals surface area contributed by atoms with E-state index in [1.54, 1.807) is 30.5 Å². The molecule has 6 nitrogen and oxygen atoms in total. The fourth-order valence-electron chi connectivity index (χ4n) is 3.03. The van der Waals surface area contributed by atoms with E-state index < -0.39 is 5.82 Å². The first kappa shape index (κ1) is 17.7. The first-order valence-corrected chi connectivity index (χ1v) is 8.70. The van der Waals surface area contributed by atoms with Crippen molar-refractivity contribution >= 4 is 23.3 Å². The highest BCUT2D eigenvalue weighted by Crippen LogP contribution is 2.27. The normalized spacial score (nSPS) is 12.6. The number of nitrogens with zero attached hydrogens (tertiary/aromatic N) is 1. The van der Waals surface area contributed by atoms with Gasteiger partial charge >= 0.3 is 6.03 Å². The van der Waals surface area contributed by atoms with E-state index in [4.69, 9.17) is 0 Å². The summed E-state index contributed by atoms with van der Waals surface area (Å²) in [4.78, 5) is 28.1. The molecule has 3 amide bonds. The highest BCUT2D eigenvalue weighted by molar-refractivity contribution is 6.06. The SMILES string of the molecule is Cc1ccc(-c2cncc(F)c2)cc1NC(=O)c1ccc2c(c1)NC(=O)NC2. The Morgan fingerprint density at radius 1 is 1.11 bits per heavy atom. The number of fused-ring (bicyclic) bond motifs is 1. The first-order valence-electron chi connectivity index (χ1n) is 8.70. The van der Waals surface area contributed by atoms with Gasteiger partial charge in [-0.2, -0.15) is 0 Å². The van der Waals surface area contributed by atoms with Crippen LogP contribution in [-0.4, -0.2) is 16.9 Å². The van der Waals surface area contributed by atoms with E-state index in [0.717, 1.165) is 22.9 Å². The highest BCUT2D eigenvalue weighted by atomic mass is 19.1. The van der Waals surface area contributed by atoms with Gasteiger partial charge < -0.3 is 16.0 Å². The van der Waals surface area contributed by atoms with E-state index in [1.165, 1.54) is 6.07 Å². The maximum atomic E-state index is 13.5. The molecule has 2 heterocycles. The van der Waals surface area contributed by atoms with Gasteiger partial charge in [-0.15, -0.1) is 0 Å². The van der Waals surface area contributed by atoms with Crippen molar-refractivity contribution in [1.29, 1.82) is 0 Å². The number of rotatable bonds is 3. The number of urea groups is 1. The minimum atomic E-state index is -0.422. The van der Waals surface area contributed by atoms with E-state index in [9.17, 15) is 14.0 Å². The van der Waals surface area contributed by atoms with Crippen LogP contribution in [0.4, 0.5) is 20.6 Å². The predicted octanol–water partition coefficient (Wildman–Crippen LogP) is 4.08. The summed E-state index contributed by atoms with van der Waals surface area (Å²) in [6.45, 7) is 2.30. The number of amides is 3. The molecule has 1 aliphatic heterocycles. The van der Waals surface area contributed by atoms with Crippen LogP contribution in [0.5, 0.6) is 0 Å². The second-order valence-corrected chi connectivity index (χ2v) is 6.56. The number of hydrogen-bond acceptors (Lipinski definition) is 3. The van der Waals surface area contributed by atoms with E-state index in [1.807, 2.05) is 19.1 Å². The lowest BCUT2D eigenvalue weighted by atomic mass is 10.0. The Morgan fingerprint density at radius 3 is 2.79 bits per heavy atom. The van der Waals surface area contributed by atoms with Gasteiger partial charge in [0.1, 0.15) is 5.82 Å². The van der Waals surface area contributed by atoms with Crippen LogP contribution in [0.15, 0.2) is 54.9 Å². The standard InChI is InChI=1S/C21H17FN4O2/c1-12-2-3-13(16-6-17(22)11-23-9-16)7-18(12)25-20(27)14-4-5-15-10-24-21(28)26-19(15)8-14/h2-9,11H,10H2,1H3,(H,25,27)(H2,24,26,28). The molecule has 0 fully saturated rings. The summed E-state index contributed by atoms with van der Waals surface area (Å²) < 4.78 is 13.5. The van der Waals surface area contributed by atoms with E-state index >= 15 is 0 Å². The van der Waals surface area contributed by atoms with Gasteiger partial charge in [-0.1, -0.05) is 18.2 Å². The zero-order valence-corrected chi connectivity index (χ0v) is 15.0. The number of aromatic nitrogens is 1. The van der Waals surface area contributed by atoms with Crippen LogP contribution in [0, 0.1) is 12.7 Å². The van der Waals surface area contributed by atoms with Crippen LogP contribution in [-0.2, 0) is 6.54 Å². The van der Waals surface area contributed by atoms with E-state index in [0.29, 0.717) is 29.0 Å². The number of nitrogens with one attached hydrogen (secondary N) is 3. The number of benzene rings is 2. The fraction of sp³-hybridized carbons (Fsp3) is 0.0952. The van der Waals surface area contributed by atoms with Gasteiger partial charge in [0.2, 0.25) is 0 Å². The molecule has 0 spiro atoms. The largest absolute Gasteiger partial charge is 0.334 e. The monoisotopic (exact) mass is 376 g/mol. The number of pyridine rings is 1. The molecular formula is C21H17FN4O2. The number of aryl methyl sites for hydroxylation is 1. The molecule has 2 aromatic carbocycles. The maximum absolute atomic E-state index is 13.5. The number of hydrogen-bond donors (Lipinski definition) is 3. The van der Waals surface area contributed by atoms with Crippen molar-refractivity contribution in [2.75, 3.05) is 10.6 Å². The summed E-state index contributed by atoms with van der Waals surface area (Å²) in [5, 5.41) is 8.26. The van der Waals surface area contributed by atoms with Crippen molar-refractivity contribution in [3.05, 3.63) is 77.4 Å². The van der Waals surface area contributed by atoms with Crippen molar-refractivity contribution in [3.63, 3.8) is 0 Å². The van der Waals surface area contributed by atoms with Gasteiger partial charge in [0.25, 0.3) is 5.91 Å². The lowest BCUT2D eigenvalue weighted by Gasteiger charge is -2.19. The molecule has 0 atom stereocenters. The Kier molecular flexibility index (Phi) is 4.49. The summed E-state index contributed by atoms with van der Waals surface area (Å²) in [6, 6.07) is 11.8. The molecule has 3 N–H and O–H groups in total. The van der Waals surface area contributed by atoms with Crippen LogP contribution in [0.1, 0.15) is 21.5 Å². The van der Waals surface area contributed by atoms with Crippen molar-refractivity contribution in [2.24, 2.45) is 0 Å². The van der Waals surface area contributed by atoms with Gasteiger partial charge in [-0.3, -0.25) is 9.78 Å². The molecule has 1 aromatic heterocycles. The van der Waals surface area contributed by atoms with Crippen molar-refractivity contribution in [2.45, 2.75) is 13.5 Å². The lowest BCUT2D eigenvalue weighted by molar-refractivity contribution is 0.102. The number of halogens is 1. The number of anilines is 2. The molecule has 1 aliphatic rings. The number of carbonyl (C=O) groups is 2. The van der Waals surface area contributed by atoms with Crippen molar-refractivity contribution < 1.29 is 14.0 Å². The molecule has 0 aliphatic carbocycles. The molecule has 140 valence electrons. The molecule has 0 bridgehead atoms. The Balaban J connectivity index is 1.60. The van der Waals surface area contributed by atoms with Gasteiger partial charge in [0.15, 0.2) is 0 Å². The van der Waals surface area contributed by atoms with Crippen molar-refractivity contribution in [1.82, 2.24) is 10.3 Å². The average Bonchev–Trinajstić information content (AvgIpc) is 2.69. The quantitative estimate of drug-likeness (QED) is 0.644. The molecular weight excluding hydrogens is 359 g/mol. The molecule has 4 rings (SSSR count). The fourth-order valence-corrected chi connectivity index (χ4v) is 3.03. The summed E-state index contributed by atoms with van der Waals surface area (Å²) in [5.74, 6) is -0.720. The Hall–Kier alpha value is -3.74. The molecule has 28 heavy (non-hydrogen) atoms. The Bertz CT molecular complexity index is 1100. The Morgan fingerprint density at radius 2 is 1.96 bits per heavy atom. The smallest absolute Gasteiger partial charge is 0.319 e. The maximum Gasteiger partial charge on any atom is 0.319 e. The summed E-state index contributed by atoms with van der Waals surface area (Å²) in [7, 11) is 0. The minimum Gasteiger partial charge on any atom is -0.334 e. The highest BCUT2D eigenvalue weighted by Gasteiger charge is 2.16. The van der Waals surface area contributed by atoms with Crippen LogP contribution in [0.25, 0.3) is 11.1 Å². The zero-order valence-electron chi connectivity index (χ0n) is 15.0. The van der Waals surface area contributed by atoms with Crippen molar-refractivity contribution in [3.8, 4) is 11.1 Å². The van der Waals surface area contributed by atoms with Crippen LogP contribution in [0.2, 0.25) is 0 Å². The molecule has 0 saturated carbocycles. The minimum absolute atomic E-state index is 0.294. The molecule has 7 heteroatoms. The third kappa shape index (κ3) is 3.55. The second-order valence-electron chi connectivity index (χ2n) is 6.56. The predicted molar refractivity (Wildman–Crippen MR) is 105 cm³/mol. The Labute approximate surface area is 160 Å². The third-order valence-electron chi connectivity index (χ3n) is 4.58. The molecule has 0 radical (unpaired) electrons. The van der Waals surface area contributed by atoms with E-state index in [2.05, 4.69) is 20.9 Å². The van der Waals surface area contributed by atoms with Gasteiger partial charge in [0, 0.05) is 35.2 Å². The summed E-state index contributed by atoms with van der Waals surface area (Å²) in [5.41, 5.74) is 4.82. The number of carbonyl (C=O) groups excluding carboxylic acids is 2. The van der Waals surface area contributed by atoms with Gasteiger partial charge in [-0.25, -0.2) is 9.18 Å².